The number of amides is 1. The van der Waals surface area contributed by atoms with E-state index in [9.17, 15) is 4.79 Å². The zero-order valence-electron chi connectivity index (χ0n) is 11.4. The number of nitrogens with one attached hydrogen (secondary N) is 1. The molecule has 22 heavy (non-hydrogen) atoms. The first-order chi connectivity index (χ1) is 10.6. The Morgan fingerprint density at radius 3 is 2.23 bits per heavy atom. The highest BCUT2D eigenvalue weighted by molar-refractivity contribution is 6.30. The lowest BCUT2D eigenvalue weighted by Crippen LogP contribution is -2.13. The predicted octanol–water partition coefficient (Wildman–Crippen LogP) is 3.76. The van der Waals surface area contributed by atoms with Crippen molar-refractivity contribution in [1.82, 2.24) is 0 Å². The van der Waals surface area contributed by atoms with Crippen LogP contribution in [0, 0.1) is 22.7 Å². The van der Waals surface area contributed by atoms with Crippen molar-refractivity contribution in [2.24, 2.45) is 0 Å². The van der Waals surface area contributed by atoms with E-state index in [0.717, 1.165) is 0 Å². The average molecular weight is 308 g/mol. The van der Waals surface area contributed by atoms with Crippen molar-refractivity contribution in [2.75, 3.05) is 5.32 Å². The van der Waals surface area contributed by atoms with E-state index in [1.54, 1.807) is 48.5 Å². The number of anilines is 1. The van der Waals surface area contributed by atoms with Gasteiger partial charge in [0.05, 0.1) is 11.6 Å². The maximum absolute atomic E-state index is 12.1. The molecule has 5 heteroatoms. The highest BCUT2D eigenvalue weighted by Gasteiger charge is 2.09. The third kappa shape index (κ3) is 3.96. The number of carbonyl (C=O) groups is 1. The fourth-order valence-corrected chi connectivity index (χ4v) is 1.83. The van der Waals surface area contributed by atoms with Crippen molar-refractivity contribution in [3.05, 3.63) is 70.3 Å². The SMILES string of the molecule is N#C/C(=C/c1ccc(C#N)cc1)C(=O)Nc1ccc(Cl)cc1. The lowest BCUT2D eigenvalue weighted by atomic mass is 10.1. The maximum Gasteiger partial charge on any atom is 0.266 e. The van der Waals surface area contributed by atoms with Gasteiger partial charge in [0.25, 0.3) is 5.91 Å². The van der Waals surface area contributed by atoms with Gasteiger partial charge in [-0.05, 0) is 48.0 Å². The van der Waals surface area contributed by atoms with Crippen molar-refractivity contribution < 1.29 is 4.79 Å². The van der Waals surface area contributed by atoms with Gasteiger partial charge in [0.1, 0.15) is 11.6 Å². The third-order valence-corrected chi connectivity index (χ3v) is 3.07. The van der Waals surface area contributed by atoms with Crippen LogP contribution in [0.4, 0.5) is 5.69 Å². The second-order valence-electron chi connectivity index (χ2n) is 4.36. The molecule has 0 unspecified atom stereocenters. The minimum Gasteiger partial charge on any atom is -0.321 e. The van der Waals surface area contributed by atoms with Crippen molar-refractivity contribution in [3.63, 3.8) is 0 Å². The number of nitrogens with zero attached hydrogens (tertiary/aromatic N) is 2. The number of benzene rings is 2. The van der Waals surface area contributed by atoms with Crippen LogP contribution in [0.25, 0.3) is 6.08 Å². The van der Waals surface area contributed by atoms with Crippen LogP contribution in [0.5, 0.6) is 0 Å². The first-order valence-corrected chi connectivity index (χ1v) is 6.69. The molecular formula is C17H10ClN3O. The Kier molecular flexibility index (Phi) is 4.93. The van der Waals surface area contributed by atoms with E-state index in [4.69, 9.17) is 22.1 Å². The number of rotatable bonds is 3. The van der Waals surface area contributed by atoms with Crippen LogP contribution < -0.4 is 5.32 Å². The molecule has 0 bridgehead atoms. The van der Waals surface area contributed by atoms with E-state index in [-0.39, 0.29) is 5.57 Å². The number of halogens is 1. The zero-order chi connectivity index (χ0) is 15.9. The first kappa shape index (κ1) is 15.3. The van der Waals surface area contributed by atoms with E-state index < -0.39 is 5.91 Å². The van der Waals surface area contributed by atoms with Gasteiger partial charge in [0, 0.05) is 10.7 Å². The molecule has 0 aromatic heterocycles. The van der Waals surface area contributed by atoms with Gasteiger partial charge in [-0.2, -0.15) is 10.5 Å². The van der Waals surface area contributed by atoms with Gasteiger partial charge in [-0.15, -0.1) is 0 Å². The van der Waals surface area contributed by atoms with Gasteiger partial charge < -0.3 is 5.32 Å². The fraction of sp³-hybridized carbons (Fsp3) is 0. The molecule has 0 radical (unpaired) electrons. The van der Waals surface area contributed by atoms with Gasteiger partial charge in [-0.3, -0.25) is 4.79 Å². The molecule has 1 N–H and O–H groups in total. The molecule has 0 aliphatic rings. The minimum atomic E-state index is -0.505. The molecule has 0 atom stereocenters. The summed E-state index contributed by atoms with van der Waals surface area (Å²) in [5.41, 5.74) is 1.71. The number of hydrogen-bond donors (Lipinski definition) is 1. The average Bonchev–Trinajstić information content (AvgIpc) is 2.55. The molecule has 2 aromatic carbocycles. The van der Waals surface area contributed by atoms with Crippen LogP contribution in [0.15, 0.2) is 54.1 Å². The summed E-state index contributed by atoms with van der Waals surface area (Å²) < 4.78 is 0. The number of carbonyl (C=O) groups excluding carboxylic acids is 1. The quantitative estimate of drug-likeness (QED) is 0.693. The standard InChI is InChI=1S/C17H10ClN3O/c18-15-5-7-16(8-6-15)21-17(22)14(11-20)9-12-1-3-13(10-19)4-2-12/h1-9H,(H,21,22)/b14-9-. The van der Waals surface area contributed by atoms with Crippen LogP contribution in [0.3, 0.4) is 0 Å². The Bertz CT molecular complexity index is 794. The second kappa shape index (κ2) is 7.08. The lowest BCUT2D eigenvalue weighted by molar-refractivity contribution is -0.112. The maximum atomic E-state index is 12.1. The van der Waals surface area contributed by atoms with Crippen LogP contribution >= 0.6 is 11.6 Å². The van der Waals surface area contributed by atoms with Crippen LogP contribution in [0.1, 0.15) is 11.1 Å². The fourth-order valence-electron chi connectivity index (χ4n) is 1.70. The van der Waals surface area contributed by atoms with Crippen LogP contribution in [0.2, 0.25) is 5.02 Å². The van der Waals surface area contributed by atoms with Crippen molar-refractivity contribution in [2.45, 2.75) is 0 Å². The second-order valence-corrected chi connectivity index (χ2v) is 4.80. The summed E-state index contributed by atoms with van der Waals surface area (Å²) in [5, 5.41) is 21.0. The van der Waals surface area contributed by atoms with Gasteiger partial charge in [-0.1, -0.05) is 23.7 Å². The van der Waals surface area contributed by atoms with Gasteiger partial charge >= 0.3 is 0 Å². The summed E-state index contributed by atoms with van der Waals surface area (Å²) in [6.07, 6.45) is 1.46. The Morgan fingerprint density at radius 2 is 1.68 bits per heavy atom. The van der Waals surface area contributed by atoms with Gasteiger partial charge in [0.2, 0.25) is 0 Å². The molecule has 2 aromatic rings. The lowest BCUT2D eigenvalue weighted by Gasteiger charge is -2.04. The first-order valence-electron chi connectivity index (χ1n) is 6.31. The normalized spacial score (nSPS) is 10.4. The predicted molar refractivity (Wildman–Crippen MR) is 84.8 cm³/mol. The molecule has 2 rings (SSSR count). The Labute approximate surface area is 132 Å². The summed E-state index contributed by atoms with van der Waals surface area (Å²) in [5.74, 6) is -0.505. The summed E-state index contributed by atoms with van der Waals surface area (Å²) in [6, 6.07) is 17.1. The van der Waals surface area contributed by atoms with Crippen molar-refractivity contribution in [3.8, 4) is 12.1 Å². The molecular weight excluding hydrogens is 298 g/mol. The molecule has 1 amide bonds. The molecule has 0 fully saturated rings. The monoisotopic (exact) mass is 307 g/mol. The van der Waals surface area contributed by atoms with Crippen molar-refractivity contribution in [1.29, 1.82) is 10.5 Å². The highest BCUT2D eigenvalue weighted by atomic mass is 35.5. The number of hydrogen-bond acceptors (Lipinski definition) is 3. The molecule has 0 saturated carbocycles. The Balaban J connectivity index is 2.17. The van der Waals surface area contributed by atoms with E-state index in [2.05, 4.69) is 5.32 Å². The number of nitriles is 2. The Morgan fingerprint density at radius 1 is 1.05 bits per heavy atom. The molecule has 0 heterocycles. The van der Waals surface area contributed by atoms with E-state index >= 15 is 0 Å². The largest absolute Gasteiger partial charge is 0.321 e. The molecule has 4 nitrogen and oxygen atoms in total. The van der Waals surface area contributed by atoms with E-state index in [0.29, 0.717) is 21.8 Å². The minimum absolute atomic E-state index is 0.0281. The highest BCUT2D eigenvalue weighted by Crippen LogP contribution is 2.15. The van der Waals surface area contributed by atoms with Crippen molar-refractivity contribution >= 4 is 29.3 Å². The molecule has 0 aliphatic carbocycles. The molecule has 106 valence electrons. The summed E-state index contributed by atoms with van der Waals surface area (Å²) in [7, 11) is 0. The van der Waals surface area contributed by atoms with Crippen LogP contribution in [-0.4, -0.2) is 5.91 Å². The van der Waals surface area contributed by atoms with Crippen LogP contribution in [-0.2, 0) is 4.79 Å². The molecule has 0 spiro atoms. The zero-order valence-corrected chi connectivity index (χ0v) is 12.1. The third-order valence-electron chi connectivity index (χ3n) is 2.82. The summed E-state index contributed by atoms with van der Waals surface area (Å²) in [6.45, 7) is 0. The van der Waals surface area contributed by atoms with E-state index in [1.165, 1.54) is 6.08 Å². The molecule has 0 aliphatic heterocycles. The summed E-state index contributed by atoms with van der Waals surface area (Å²) in [4.78, 5) is 12.1. The smallest absolute Gasteiger partial charge is 0.266 e. The topological polar surface area (TPSA) is 76.7 Å². The van der Waals surface area contributed by atoms with Gasteiger partial charge in [-0.25, -0.2) is 0 Å². The molecule has 0 saturated heterocycles. The Hall–Kier alpha value is -3.08. The summed E-state index contributed by atoms with van der Waals surface area (Å²) >= 11 is 5.77. The van der Waals surface area contributed by atoms with E-state index in [1.807, 2.05) is 12.1 Å². The van der Waals surface area contributed by atoms with Gasteiger partial charge in [0.15, 0.2) is 0 Å².